The van der Waals surface area contributed by atoms with Gasteiger partial charge in [-0.2, -0.15) is 0 Å². The Morgan fingerprint density at radius 2 is 1.60 bits per heavy atom. The van der Waals surface area contributed by atoms with E-state index in [-0.39, 0.29) is 6.10 Å². The van der Waals surface area contributed by atoms with Crippen LogP contribution >= 0.6 is 0 Å². The number of pyridine rings is 1. The molecule has 186 valence electrons. The normalized spacial score (nSPS) is 18.8. The molecule has 0 N–H and O–H groups in total. The van der Waals surface area contributed by atoms with Crippen molar-refractivity contribution < 1.29 is 23.7 Å². The molecule has 0 radical (unpaired) electrons. The smallest absolute Gasteiger partial charge is 0.218 e. The van der Waals surface area contributed by atoms with Crippen LogP contribution in [0.15, 0.2) is 72.9 Å². The topological polar surface area (TPSA) is 59.0 Å². The predicted molar refractivity (Wildman–Crippen MR) is 134 cm³/mol. The second kappa shape index (κ2) is 11.3. The lowest BCUT2D eigenvalue weighted by atomic mass is 9.83. The maximum Gasteiger partial charge on any atom is 0.218 e. The van der Waals surface area contributed by atoms with Crippen molar-refractivity contribution in [1.29, 1.82) is 0 Å². The summed E-state index contributed by atoms with van der Waals surface area (Å²) in [6.45, 7) is 7.64. The van der Waals surface area contributed by atoms with Crippen LogP contribution < -0.4 is 4.74 Å². The molecular formula is C29H35NO5. The van der Waals surface area contributed by atoms with Gasteiger partial charge in [-0.15, -0.1) is 0 Å². The van der Waals surface area contributed by atoms with Gasteiger partial charge in [0.15, 0.2) is 5.79 Å². The van der Waals surface area contributed by atoms with Crippen LogP contribution in [0, 0.1) is 0 Å². The minimum absolute atomic E-state index is 0.314. The monoisotopic (exact) mass is 477 g/mol. The van der Waals surface area contributed by atoms with Gasteiger partial charge in [-0.25, -0.2) is 4.98 Å². The number of hydrogen-bond acceptors (Lipinski definition) is 6. The van der Waals surface area contributed by atoms with Gasteiger partial charge in [-0.1, -0.05) is 67.6 Å². The molecule has 6 nitrogen and oxygen atoms in total. The van der Waals surface area contributed by atoms with Gasteiger partial charge in [0.05, 0.1) is 33.5 Å². The SMILES string of the molecule is CC[C@](OCc1ccccc1)(c1ccnc(OC)c1COCc1ccccc1)[C@H]1COC(C)(C)O1. The standard InChI is InChI=1S/C29H35NO5/c1-5-29(26-21-33-28(2,3)35-26,34-19-23-14-10-7-11-15-23)25-16-17-30-27(31-4)24(25)20-32-18-22-12-8-6-9-13-22/h6-17,26H,5,18-21H2,1-4H3/t26-,29+/m1/s1. The molecule has 1 saturated heterocycles. The summed E-state index contributed by atoms with van der Waals surface area (Å²) >= 11 is 0. The maximum atomic E-state index is 6.79. The van der Waals surface area contributed by atoms with Crippen molar-refractivity contribution in [2.75, 3.05) is 13.7 Å². The second-order valence-corrected chi connectivity index (χ2v) is 9.16. The van der Waals surface area contributed by atoms with Gasteiger partial charge in [0.2, 0.25) is 5.88 Å². The van der Waals surface area contributed by atoms with E-state index < -0.39 is 11.4 Å². The fourth-order valence-corrected chi connectivity index (χ4v) is 4.60. The Kier molecular flexibility index (Phi) is 8.19. The highest BCUT2D eigenvalue weighted by atomic mass is 16.8. The number of nitrogens with zero attached hydrogens (tertiary/aromatic N) is 1. The third-order valence-corrected chi connectivity index (χ3v) is 6.42. The van der Waals surface area contributed by atoms with Gasteiger partial charge < -0.3 is 23.7 Å². The molecule has 1 fully saturated rings. The Hall–Kier alpha value is -2.77. The number of benzene rings is 2. The lowest BCUT2D eigenvalue weighted by molar-refractivity contribution is -0.192. The highest BCUT2D eigenvalue weighted by Crippen LogP contribution is 2.44. The molecule has 1 aromatic heterocycles. The maximum absolute atomic E-state index is 6.79. The quantitative estimate of drug-likeness (QED) is 0.349. The third-order valence-electron chi connectivity index (χ3n) is 6.42. The van der Waals surface area contributed by atoms with Crippen LogP contribution in [-0.4, -0.2) is 30.6 Å². The highest BCUT2D eigenvalue weighted by molar-refractivity contribution is 5.39. The van der Waals surface area contributed by atoms with Gasteiger partial charge in [0.1, 0.15) is 11.7 Å². The summed E-state index contributed by atoms with van der Waals surface area (Å²) in [5.74, 6) is -0.169. The molecule has 0 aliphatic carbocycles. The van der Waals surface area contributed by atoms with Crippen LogP contribution in [0.1, 0.15) is 49.4 Å². The molecule has 3 aromatic rings. The van der Waals surface area contributed by atoms with Crippen LogP contribution in [0.2, 0.25) is 0 Å². The van der Waals surface area contributed by atoms with Crippen molar-refractivity contribution in [3.63, 3.8) is 0 Å². The first-order chi connectivity index (χ1) is 17.0. The molecule has 0 saturated carbocycles. The molecular weight excluding hydrogens is 442 g/mol. The number of rotatable bonds is 11. The molecule has 0 amide bonds. The summed E-state index contributed by atoms with van der Waals surface area (Å²) in [6, 6.07) is 22.3. The molecule has 6 heteroatoms. The first-order valence-corrected chi connectivity index (χ1v) is 12.1. The first-order valence-electron chi connectivity index (χ1n) is 12.1. The van der Waals surface area contributed by atoms with Gasteiger partial charge >= 0.3 is 0 Å². The summed E-state index contributed by atoms with van der Waals surface area (Å²) in [7, 11) is 1.63. The molecule has 0 unspecified atom stereocenters. The first kappa shape index (κ1) is 25.3. The van der Waals surface area contributed by atoms with Crippen LogP contribution in [0.3, 0.4) is 0 Å². The van der Waals surface area contributed by atoms with E-state index >= 15 is 0 Å². The van der Waals surface area contributed by atoms with Crippen molar-refractivity contribution in [1.82, 2.24) is 4.98 Å². The Bertz CT molecular complexity index is 1070. The van der Waals surface area contributed by atoms with Gasteiger partial charge in [-0.3, -0.25) is 0 Å². The molecule has 2 atom stereocenters. The predicted octanol–water partition coefficient (Wildman–Crippen LogP) is 5.78. The van der Waals surface area contributed by atoms with E-state index in [1.165, 1.54) is 0 Å². The third kappa shape index (κ3) is 5.90. The van der Waals surface area contributed by atoms with E-state index in [4.69, 9.17) is 23.7 Å². The van der Waals surface area contributed by atoms with Crippen LogP contribution in [-0.2, 0) is 44.4 Å². The fourth-order valence-electron chi connectivity index (χ4n) is 4.60. The minimum Gasteiger partial charge on any atom is -0.481 e. The summed E-state index contributed by atoms with van der Waals surface area (Å²) in [6.07, 6.45) is 2.11. The van der Waals surface area contributed by atoms with Crippen LogP contribution in [0.4, 0.5) is 0 Å². The molecule has 4 rings (SSSR count). The van der Waals surface area contributed by atoms with Gasteiger partial charge in [-0.05, 0) is 43.0 Å². The molecule has 0 spiro atoms. The van der Waals surface area contributed by atoms with Crippen LogP contribution in [0.5, 0.6) is 5.88 Å². The number of hydrogen-bond donors (Lipinski definition) is 0. The van der Waals surface area contributed by atoms with E-state index in [1.807, 2.05) is 68.4 Å². The lowest BCUT2D eigenvalue weighted by Crippen LogP contribution is -2.45. The summed E-state index contributed by atoms with van der Waals surface area (Å²) in [4.78, 5) is 4.47. The largest absolute Gasteiger partial charge is 0.481 e. The highest BCUT2D eigenvalue weighted by Gasteiger charge is 2.49. The van der Waals surface area contributed by atoms with Crippen molar-refractivity contribution in [2.24, 2.45) is 0 Å². The second-order valence-electron chi connectivity index (χ2n) is 9.16. The Morgan fingerprint density at radius 1 is 0.943 bits per heavy atom. The Balaban J connectivity index is 1.69. The molecule has 35 heavy (non-hydrogen) atoms. The average Bonchev–Trinajstić information content (AvgIpc) is 3.26. The van der Waals surface area contributed by atoms with Crippen molar-refractivity contribution >= 4 is 0 Å². The van der Waals surface area contributed by atoms with E-state index in [0.717, 1.165) is 22.3 Å². The molecule has 2 aromatic carbocycles. The summed E-state index contributed by atoms with van der Waals surface area (Å²) in [5, 5.41) is 0. The number of ether oxygens (including phenoxy) is 5. The molecule has 2 heterocycles. The Labute approximate surface area is 208 Å². The molecule has 1 aliphatic heterocycles. The van der Waals surface area contributed by atoms with Crippen molar-refractivity contribution in [3.05, 3.63) is 95.2 Å². The van der Waals surface area contributed by atoms with E-state index in [0.29, 0.717) is 38.7 Å². The Morgan fingerprint density at radius 3 is 2.17 bits per heavy atom. The average molecular weight is 478 g/mol. The zero-order chi connectivity index (χ0) is 24.7. The van der Waals surface area contributed by atoms with Gasteiger partial charge in [0, 0.05) is 11.8 Å². The summed E-state index contributed by atoms with van der Waals surface area (Å²) in [5.41, 5.74) is 3.21. The van der Waals surface area contributed by atoms with Crippen molar-refractivity contribution in [2.45, 2.75) is 64.5 Å². The fraction of sp³-hybridized carbons (Fsp3) is 0.414. The van der Waals surface area contributed by atoms with Crippen LogP contribution in [0.25, 0.3) is 0 Å². The summed E-state index contributed by atoms with van der Waals surface area (Å²) < 4.78 is 31.0. The zero-order valence-corrected chi connectivity index (χ0v) is 21.0. The lowest BCUT2D eigenvalue weighted by Gasteiger charge is -2.39. The van der Waals surface area contributed by atoms with E-state index in [1.54, 1.807) is 13.3 Å². The number of aromatic nitrogens is 1. The minimum atomic E-state index is -0.786. The van der Waals surface area contributed by atoms with Gasteiger partial charge in [0.25, 0.3) is 0 Å². The van der Waals surface area contributed by atoms with E-state index in [2.05, 4.69) is 24.0 Å². The molecule has 0 bridgehead atoms. The number of methoxy groups -OCH3 is 1. The van der Waals surface area contributed by atoms with Crippen molar-refractivity contribution in [3.8, 4) is 5.88 Å². The van der Waals surface area contributed by atoms with E-state index in [9.17, 15) is 0 Å². The molecule has 1 aliphatic rings. The zero-order valence-electron chi connectivity index (χ0n) is 21.0.